The maximum absolute atomic E-state index is 10.8. The van der Waals surface area contributed by atoms with Crippen LogP contribution >= 0.6 is 11.6 Å². The number of nitrogens with one attached hydrogen (secondary N) is 2. The minimum atomic E-state index is 0.261. The topological polar surface area (TPSA) is 64.7 Å². The van der Waals surface area contributed by atoms with Gasteiger partial charge in [0.25, 0.3) is 0 Å². The summed E-state index contributed by atoms with van der Waals surface area (Å²) in [5, 5.41) is 7.21. The third-order valence-corrected chi connectivity index (χ3v) is 5.54. The number of likely N-dealkylation sites (N-methyl/N-ethyl adjacent to an activating group) is 1. The number of carbonyl (C=O) groups excluding carboxylic acids is 2. The molecule has 1 aromatic carbocycles. The first-order valence-corrected chi connectivity index (χ1v) is 11.4. The largest absolute Gasteiger partial charge is 0.388 e. The summed E-state index contributed by atoms with van der Waals surface area (Å²) in [5.41, 5.74) is 4.71. The van der Waals surface area contributed by atoms with E-state index < -0.39 is 0 Å². The van der Waals surface area contributed by atoms with Gasteiger partial charge in [-0.05, 0) is 69.7 Å². The van der Waals surface area contributed by atoms with E-state index in [1.807, 2.05) is 31.0 Å². The SMILES string of the molecule is CC=O.CCNC1=CC=C(NC)C=CC1.Cc1cc(N2CCN(C=O)C(C)C2)ccc1Cl. The van der Waals surface area contributed by atoms with Crippen LogP contribution in [0.15, 0.2) is 53.9 Å². The summed E-state index contributed by atoms with van der Waals surface area (Å²) in [6.45, 7) is 11.2. The molecule has 0 bridgehead atoms. The number of allylic oxidation sites excluding steroid dienone is 4. The smallest absolute Gasteiger partial charge is 0.210 e. The molecule has 1 aromatic rings. The van der Waals surface area contributed by atoms with Crippen molar-refractivity contribution in [3.05, 3.63) is 64.5 Å². The Morgan fingerprint density at radius 3 is 2.50 bits per heavy atom. The first-order chi connectivity index (χ1) is 15.4. The number of nitrogens with zero attached hydrogens (tertiary/aromatic N) is 2. The van der Waals surface area contributed by atoms with Gasteiger partial charge < -0.3 is 25.2 Å². The lowest BCUT2D eigenvalue weighted by Crippen LogP contribution is -2.51. The Morgan fingerprint density at radius 2 is 1.94 bits per heavy atom. The molecule has 1 unspecified atom stereocenters. The predicted molar refractivity (Wildman–Crippen MR) is 135 cm³/mol. The van der Waals surface area contributed by atoms with Gasteiger partial charge in [0.2, 0.25) is 6.41 Å². The number of hydrogen-bond donors (Lipinski definition) is 2. The van der Waals surface area contributed by atoms with Crippen molar-refractivity contribution in [1.29, 1.82) is 0 Å². The van der Waals surface area contributed by atoms with Gasteiger partial charge in [0, 0.05) is 67.8 Å². The quantitative estimate of drug-likeness (QED) is 0.648. The Kier molecular flexibility index (Phi) is 12.9. The Morgan fingerprint density at radius 1 is 1.22 bits per heavy atom. The highest BCUT2D eigenvalue weighted by molar-refractivity contribution is 6.31. The summed E-state index contributed by atoms with van der Waals surface area (Å²) >= 11 is 6.02. The Hall–Kier alpha value is -2.73. The molecular weight excluding hydrogens is 424 g/mol. The van der Waals surface area contributed by atoms with E-state index in [4.69, 9.17) is 16.4 Å². The van der Waals surface area contributed by atoms with Crippen LogP contribution in [-0.4, -0.2) is 56.9 Å². The van der Waals surface area contributed by atoms with Crippen molar-refractivity contribution >= 4 is 30.0 Å². The fraction of sp³-hybridized carbons (Fsp3) is 0.440. The Bertz CT molecular complexity index is 820. The van der Waals surface area contributed by atoms with Crippen LogP contribution in [0.25, 0.3) is 0 Å². The number of hydrogen-bond acceptors (Lipinski definition) is 5. The normalized spacial score (nSPS) is 17.4. The van der Waals surface area contributed by atoms with Crippen LogP contribution in [0.2, 0.25) is 5.02 Å². The number of anilines is 1. The number of piperazine rings is 1. The number of halogens is 1. The zero-order valence-corrected chi connectivity index (χ0v) is 20.7. The summed E-state index contributed by atoms with van der Waals surface area (Å²) in [4.78, 5) is 23.8. The highest BCUT2D eigenvalue weighted by atomic mass is 35.5. The lowest BCUT2D eigenvalue weighted by Gasteiger charge is -2.39. The van der Waals surface area contributed by atoms with Crippen LogP contribution < -0.4 is 15.5 Å². The zero-order valence-electron chi connectivity index (χ0n) is 19.9. The number of amides is 1. The van der Waals surface area contributed by atoms with E-state index >= 15 is 0 Å². The standard InChI is InChI=1S/C13H17ClN2O.C10H16N2.C2H4O/c1-10-7-12(3-4-13(10)14)15-5-6-16(9-17)11(2)8-15;1-3-12-10-6-4-5-9(11-2)7-8-10;1-2-3/h3-4,7,9,11H,5-6,8H2,1-2H3;4-5,7-8,11-12H,3,6H2,1-2H3;2H,1H3. The second-order valence-corrected chi connectivity index (χ2v) is 7.92. The molecule has 1 amide bonds. The molecule has 2 aliphatic rings. The molecule has 1 saturated heterocycles. The summed E-state index contributed by atoms with van der Waals surface area (Å²) in [5.74, 6) is 0. The van der Waals surface area contributed by atoms with Crippen molar-refractivity contribution in [1.82, 2.24) is 15.5 Å². The zero-order chi connectivity index (χ0) is 23.9. The third kappa shape index (κ3) is 9.18. The fourth-order valence-electron chi connectivity index (χ4n) is 3.34. The third-order valence-electron chi connectivity index (χ3n) is 5.11. The van der Waals surface area contributed by atoms with E-state index in [1.54, 1.807) is 0 Å². The van der Waals surface area contributed by atoms with Crippen molar-refractivity contribution in [3.8, 4) is 0 Å². The van der Waals surface area contributed by atoms with Gasteiger partial charge >= 0.3 is 0 Å². The molecule has 1 heterocycles. The molecular formula is C25H37ClN4O2. The van der Waals surface area contributed by atoms with Gasteiger partial charge in [0.15, 0.2) is 0 Å². The van der Waals surface area contributed by atoms with Crippen LogP contribution in [0.4, 0.5) is 5.69 Å². The van der Waals surface area contributed by atoms with E-state index in [9.17, 15) is 4.79 Å². The molecule has 1 fully saturated rings. The molecule has 0 radical (unpaired) electrons. The van der Waals surface area contributed by atoms with Gasteiger partial charge in [-0.15, -0.1) is 0 Å². The van der Waals surface area contributed by atoms with Crippen LogP contribution in [-0.2, 0) is 9.59 Å². The molecule has 1 atom stereocenters. The number of rotatable bonds is 5. The van der Waals surface area contributed by atoms with Crippen LogP contribution in [0.5, 0.6) is 0 Å². The van der Waals surface area contributed by atoms with Crippen molar-refractivity contribution < 1.29 is 9.59 Å². The minimum Gasteiger partial charge on any atom is -0.388 e. The summed E-state index contributed by atoms with van der Waals surface area (Å²) in [7, 11) is 1.93. The highest BCUT2D eigenvalue weighted by Gasteiger charge is 2.22. The van der Waals surface area contributed by atoms with E-state index in [0.717, 1.165) is 61.6 Å². The van der Waals surface area contributed by atoms with Gasteiger partial charge in [-0.2, -0.15) is 0 Å². The van der Waals surface area contributed by atoms with Crippen LogP contribution in [0.1, 0.15) is 32.8 Å². The fourth-order valence-corrected chi connectivity index (χ4v) is 3.46. The van der Waals surface area contributed by atoms with Crippen molar-refractivity contribution in [3.63, 3.8) is 0 Å². The maximum Gasteiger partial charge on any atom is 0.210 e. The summed E-state index contributed by atoms with van der Waals surface area (Å²) < 4.78 is 0. The second kappa shape index (κ2) is 15.1. The predicted octanol–water partition coefficient (Wildman–Crippen LogP) is 4.06. The van der Waals surface area contributed by atoms with E-state index in [1.165, 1.54) is 18.3 Å². The molecule has 2 N–H and O–H groups in total. The number of benzene rings is 1. The summed E-state index contributed by atoms with van der Waals surface area (Å²) in [6.07, 6.45) is 11.1. The Balaban J connectivity index is 0.000000299. The first kappa shape index (κ1) is 27.3. The van der Waals surface area contributed by atoms with Crippen molar-refractivity contribution in [2.75, 3.05) is 38.1 Å². The lowest BCUT2D eigenvalue weighted by molar-refractivity contribution is -0.120. The number of aryl methyl sites for hydroxylation is 1. The maximum atomic E-state index is 10.8. The molecule has 32 heavy (non-hydrogen) atoms. The lowest BCUT2D eigenvalue weighted by atomic mass is 10.1. The Labute approximate surface area is 198 Å². The first-order valence-electron chi connectivity index (χ1n) is 11.0. The van der Waals surface area contributed by atoms with Crippen molar-refractivity contribution in [2.24, 2.45) is 0 Å². The van der Waals surface area contributed by atoms with Gasteiger partial charge in [0.1, 0.15) is 6.29 Å². The van der Waals surface area contributed by atoms with E-state index in [-0.39, 0.29) is 6.04 Å². The van der Waals surface area contributed by atoms with Gasteiger partial charge in [-0.1, -0.05) is 17.7 Å². The molecule has 1 aliphatic carbocycles. The number of carbonyl (C=O) groups is 2. The molecule has 7 heteroatoms. The molecule has 176 valence electrons. The van der Waals surface area contributed by atoms with Crippen LogP contribution in [0, 0.1) is 6.92 Å². The second-order valence-electron chi connectivity index (χ2n) is 7.51. The average molecular weight is 461 g/mol. The van der Waals surface area contributed by atoms with Gasteiger partial charge in [-0.3, -0.25) is 4.79 Å². The molecule has 0 spiro atoms. The number of aldehydes is 1. The van der Waals surface area contributed by atoms with Crippen molar-refractivity contribution in [2.45, 2.75) is 40.2 Å². The highest BCUT2D eigenvalue weighted by Crippen LogP contribution is 2.24. The minimum absolute atomic E-state index is 0.261. The van der Waals surface area contributed by atoms with Gasteiger partial charge in [0.05, 0.1) is 0 Å². The van der Waals surface area contributed by atoms with E-state index in [2.05, 4.69) is 59.8 Å². The average Bonchev–Trinajstić information content (AvgIpc) is 3.02. The monoisotopic (exact) mass is 460 g/mol. The summed E-state index contributed by atoms with van der Waals surface area (Å²) in [6, 6.07) is 6.34. The molecule has 3 rings (SSSR count). The van der Waals surface area contributed by atoms with Gasteiger partial charge in [-0.25, -0.2) is 0 Å². The van der Waals surface area contributed by atoms with E-state index in [0.29, 0.717) is 0 Å². The molecule has 1 aliphatic heterocycles. The molecule has 0 aromatic heterocycles. The molecule has 0 saturated carbocycles. The molecule has 6 nitrogen and oxygen atoms in total. The van der Waals surface area contributed by atoms with Crippen LogP contribution in [0.3, 0.4) is 0 Å².